The second-order valence-corrected chi connectivity index (χ2v) is 15.8. The molecule has 4 aromatic rings. The molecule has 0 unspecified atom stereocenters. The molecule has 0 saturated carbocycles. The van der Waals surface area contributed by atoms with E-state index in [0.29, 0.717) is 0 Å². The van der Waals surface area contributed by atoms with Crippen LogP contribution in [0.5, 0.6) is 0 Å². The maximum absolute atomic E-state index is 12.9. The Morgan fingerprint density at radius 2 is 0.827 bits per heavy atom. The Bertz CT molecular complexity index is 1630. The van der Waals surface area contributed by atoms with E-state index in [1.165, 1.54) is 0 Å². The first-order valence-corrected chi connectivity index (χ1v) is 18.1. The SMILES string of the molecule is C[C@H](O)[C@@H](C)c1cccc(C(C)(C)C)c1N(C)C(=O)Nc1ccccc1.C[C@H](c1cccc(C(C)(C)C)c1N(C)C(=O)Nc1ccccc1)[C@@H](C)O. The van der Waals surface area contributed by atoms with Crippen LogP contribution in [-0.2, 0) is 10.8 Å². The molecule has 4 atom stereocenters. The quantitative estimate of drug-likeness (QED) is 0.146. The zero-order chi connectivity index (χ0) is 39.0. The highest BCUT2D eigenvalue weighted by molar-refractivity contribution is 6.03. The van der Waals surface area contributed by atoms with Gasteiger partial charge in [-0.3, -0.25) is 9.80 Å². The number of hydrogen-bond donors (Lipinski definition) is 4. The van der Waals surface area contributed by atoms with E-state index in [9.17, 15) is 19.8 Å². The normalized spacial score (nSPS) is 13.8. The molecule has 0 heterocycles. The average molecular weight is 709 g/mol. The van der Waals surface area contributed by atoms with Gasteiger partial charge in [-0.05, 0) is 71.2 Å². The maximum Gasteiger partial charge on any atom is 0.326 e. The molecule has 0 aromatic heterocycles. The van der Waals surface area contributed by atoms with Crippen molar-refractivity contribution in [2.24, 2.45) is 0 Å². The molecule has 8 nitrogen and oxygen atoms in total. The number of nitrogens with zero attached hydrogens (tertiary/aromatic N) is 2. The second-order valence-electron chi connectivity index (χ2n) is 15.8. The Balaban J connectivity index is 0.000000280. The summed E-state index contributed by atoms with van der Waals surface area (Å²) in [6.45, 7) is 20.3. The number of rotatable bonds is 8. The fraction of sp³-hybridized carbons (Fsp3) is 0.409. The summed E-state index contributed by atoms with van der Waals surface area (Å²) >= 11 is 0. The van der Waals surface area contributed by atoms with Crippen molar-refractivity contribution >= 4 is 34.8 Å². The molecule has 0 bridgehead atoms. The molecule has 0 saturated heterocycles. The molecule has 4 aromatic carbocycles. The summed E-state index contributed by atoms with van der Waals surface area (Å²) in [5, 5.41) is 26.1. The highest BCUT2D eigenvalue weighted by atomic mass is 16.3. The minimum atomic E-state index is -0.505. The first-order chi connectivity index (χ1) is 24.2. The van der Waals surface area contributed by atoms with Crippen LogP contribution < -0.4 is 20.4 Å². The molecule has 4 rings (SSSR count). The first-order valence-electron chi connectivity index (χ1n) is 18.1. The van der Waals surface area contributed by atoms with Gasteiger partial charge in [-0.2, -0.15) is 0 Å². The standard InChI is InChI=1S/2C22H30N2O2/c2*1-15(16(2)25)18-13-10-14-19(22(3,4)5)20(18)24(6)21(26)23-17-11-8-7-9-12-17/h2*7-16,25H,1-6H3,(H,23,26)/t2*15-,16+/m10/s1. The molecule has 280 valence electrons. The van der Waals surface area contributed by atoms with Crippen molar-refractivity contribution < 1.29 is 19.8 Å². The summed E-state index contributed by atoms with van der Waals surface area (Å²) in [5.74, 6) is -0.168. The van der Waals surface area contributed by atoms with E-state index in [2.05, 4.69) is 64.3 Å². The average Bonchev–Trinajstić information content (AvgIpc) is 3.09. The number of benzene rings is 4. The van der Waals surface area contributed by atoms with Crippen LogP contribution in [0.15, 0.2) is 97.1 Å². The van der Waals surface area contributed by atoms with Crippen LogP contribution in [0, 0.1) is 0 Å². The third-order valence-electron chi connectivity index (χ3n) is 9.51. The van der Waals surface area contributed by atoms with Gasteiger partial charge in [0.05, 0.1) is 23.6 Å². The van der Waals surface area contributed by atoms with Crippen LogP contribution in [0.4, 0.5) is 32.3 Å². The van der Waals surface area contributed by atoms with Crippen molar-refractivity contribution in [3.63, 3.8) is 0 Å². The number of aliphatic hydroxyl groups excluding tert-OH is 2. The second kappa shape index (κ2) is 17.7. The minimum absolute atomic E-state index is 0.0840. The number of para-hydroxylation sites is 4. The van der Waals surface area contributed by atoms with Gasteiger partial charge >= 0.3 is 12.1 Å². The predicted octanol–water partition coefficient (Wildman–Crippen LogP) is 10.3. The fourth-order valence-corrected chi connectivity index (χ4v) is 6.00. The van der Waals surface area contributed by atoms with E-state index in [1.54, 1.807) is 37.7 Å². The molecule has 0 aliphatic heterocycles. The highest BCUT2D eigenvalue weighted by Crippen LogP contribution is 2.40. The van der Waals surface area contributed by atoms with E-state index in [4.69, 9.17) is 0 Å². The Morgan fingerprint density at radius 3 is 1.10 bits per heavy atom. The van der Waals surface area contributed by atoms with Crippen LogP contribution >= 0.6 is 0 Å². The number of urea groups is 2. The summed E-state index contributed by atoms with van der Waals surface area (Å²) in [4.78, 5) is 29.1. The molecule has 8 heteroatoms. The number of carbonyl (C=O) groups is 2. The van der Waals surface area contributed by atoms with Gasteiger partial charge in [0.2, 0.25) is 0 Å². The highest BCUT2D eigenvalue weighted by Gasteiger charge is 2.29. The van der Waals surface area contributed by atoms with Gasteiger partial charge in [-0.25, -0.2) is 9.59 Å². The van der Waals surface area contributed by atoms with Gasteiger partial charge in [-0.1, -0.05) is 128 Å². The van der Waals surface area contributed by atoms with Crippen molar-refractivity contribution in [1.29, 1.82) is 0 Å². The summed E-state index contributed by atoms with van der Waals surface area (Å²) in [6, 6.07) is 30.5. The Kier molecular flexibility index (Phi) is 14.2. The minimum Gasteiger partial charge on any atom is -0.393 e. The van der Waals surface area contributed by atoms with Crippen LogP contribution in [0.2, 0.25) is 0 Å². The van der Waals surface area contributed by atoms with E-state index in [1.807, 2.05) is 98.8 Å². The van der Waals surface area contributed by atoms with Crippen LogP contribution in [0.25, 0.3) is 0 Å². The van der Waals surface area contributed by atoms with E-state index < -0.39 is 12.2 Å². The summed E-state index contributed by atoms with van der Waals surface area (Å²) in [6.07, 6.45) is -1.01. The molecular formula is C44H60N4O4. The van der Waals surface area contributed by atoms with Gasteiger partial charge in [0.25, 0.3) is 0 Å². The molecule has 0 radical (unpaired) electrons. The first kappa shape index (κ1) is 41.8. The van der Waals surface area contributed by atoms with Gasteiger partial charge < -0.3 is 20.8 Å². The summed E-state index contributed by atoms with van der Waals surface area (Å²) in [5.41, 5.74) is 7.06. The van der Waals surface area contributed by atoms with Gasteiger partial charge in [-0.15, -0.1) is 0 Å². The number of carbonyl (C=O) groups excluding carboxylic acids is 2. The van der Waals surface area contributed by atoms with E-state index >= 15 is 0 Å². The molecule has 0 aliphatic carbocycles. The zero-order valence-corrected chi connectivity index (χ0v) is 33.2. The predicted molar refractivity (Wildman–Crippen MR) is 218 cm³/mol. The Labute approximate surface area is 311 Å². The van der Waals surface area contributed by atoms with Crippen LogP contribution in [0.1, 0.15) is 103 Å². The van der Waals surface area contributed by atoms with Crippen molar-refractivity contribution in [3.8, 4) is 0 Å². The Morgan fingerprint density at radius 1 is 0.519 bits per heavy atom. The molecule has 4 amide bonds. The number of anilines is 4. The monoisotopic (exact) mass is 708 g/mol. The molecular weight excluding hydrogens is 649 g/mol. The smallest absolute Gasteiger partial charge is 0.326 e. The van der Waals surface area contributed by atoms with Crippen molar-refractivity contribution in [2.75, 3.05) is 34.5 Å². The lowest BCUT2D eigenvalue weighted by atomic mass is 9.81. The lowest BCUT2D eigenvalue weighted by Gasteiger charge is -2.32. The Hall–Kier alpha value is -4.66. The molecule has 0 aliphatic rings. The van der Waals surface area contributed by atoms with E-state index in [0.717, 1.165) is 45.0 Å². The molecule has 52 heavy (non-hydrogen) atoms. The number of hydrogen-bond acceptors (Lipinski definition) is 4. The topological polar surface area (TPSA) is 105 Å². The number of amides is 4. The zero-order valence-electron chi connectivity index (χ0n) is 33.2. The van der Waals surface area contributed by atoms with Crippen LogP contribution in [-0.4, -0.2) is 48.6 Å². The third-order valence-corrected chi connectivity index (χ3v) is 9.51. The molecule has 0 fully saturated rings. The van der Waals surface area contributed by atoms with E-state index in [-0.39, 0.29) is 34.7 Å². The largest absolute Gasteiger partial charge is 0.393 e. The van der Waals surface area contributed by atoms with Gasteiger partial charge in [0.15, 0.2) is 0 Å². The number of aliphatic hydroxyl groups is 2. The fourth-order valence-electron chi connectivity index (χ4n) is 6.00. The molecule has 4 N–H and O–H groups in total. The van der Waals surface area contributed by atoms with Crippen molar-refractivity contribution in [3.05, 3.63) is 119 Å². The lowest BCUT2D eigenvalue weighted by molar-refractivity contribution is 0.168. The molecule has 0 spiro atoms. The number of nitrogens with one attached hydrogen (secondary N) is 2. The van der Waals surface area contributed by atoms with Crippen molar-refractivity contribution in [2.45, 2.75) is 104 Å². The summed E-state index contributed by atoms with van der Waals surface area (Å²) in [7, 11) is 3.56. The third kappa shape index (κ3) is 10.7. The van der Waals surface area contributed by atoms with Gasteiger partial charge in [0, 0.05) is 37.3 Å². The maximum atomic E-state index is 12.9. The van der Waals surface area contributed by atoms with Crippen LogP contribution in [0.3, 0.4) is 0 Å². The van der Waals surface area contributed by atoms with Crippen molar-refractivity contribution in [1.82, 2.24) is 0 Å². The lowest BCUT2D eigenvalue weighted by Crippen LogP contribution is -2.34. The van der Waals surface area contributed by atoms with Gasteiger partial charge in [0.1, 0.15) is 0 Å². The summed E-state index contributed by atoms with van der Waals surface area (Å²) < 4.78 is 0.